The number of hydrogen-bond acceptors (Lipinski definition) is 2. The van der Waals surface area contributed by atoms with Gasteiger partial charge in [-0.1, -0.05) is 6.07 Å². The van der Waals surface area contributed by atoms with Crippen LogP contribution in [0.2, 0.25) is 0 Å². The highest BCUT2D eigenvalue weighted by Gasteiger charge is 2.29. The van der Waals surface area contributed by atoms with Crippen LogP contribution in [0, 0.1) is 11.7 Å². The van der Waals surface area contributed by atoms with Gasteiger partial charge < -0.3 is 15.3 Å². The molecule has 3 rings (SSSR count). The predicted molar refractivity (Wildman–Crippen MR) is 86.6 cm³/mol. The molecule has 4 nitrogen and oxygen atoms in total. The van der Waals surface area contributed by atoms with Crippen molar-refractivity contribution in [3.63, 3.8) is 0 Å². The summed E-state index contributed by atoms with van der Waals surface area (Å²) in [5, 5.41) is 12.3. The van der Waals surface area contributed by atoms with Crippen LogP contribution in [0.25, 0.3) is 0 Å². The Kier molecular flexibility index (Phi) is 4.85. The van der Waals surface area contributed by atoms with Crippen molar-refractivity contribution in [2.24, 2.45) is 5.92 Å². The number of carbonyl (C=O) groups excluding carboxylic acids is 1. The molecule has 1 saturated carbocycles. The molecule has 0 bridgehead atoms. The van der Waals surface area contributed by atoms with Gasteiger partial charge in [0.2, 0.25) is 0 Å². The Hall–Kier alpha value is -1.62. The van der Waals surface area contributed by atoms with Gasteiger partial charge in [-0.3, -0.25) is 0 Å². The molecular weight excluding hydrogens is 295 g/mol. The van der Waals surface area contributed by atoms with Crippen molar-refractivity contribution in [2.75, 3.05) is 13.7 Å². The van der Waals surface area contributed by atoms with Crippen molar-refractivity contribution in [3.05, 3.63) is 35.1 Å². The van der Waals surface area contributed by atoms with E-state index in [1.807, 2.05) is 13.1 Å². The van der Waals surface area contributed by atoms with E-state index in [9.17, 15) is 14.3 Å². The normalized spacial score (nSPS) is 26.7. The van der Waals surface area contributed by atoms with Crippen LogP contribution in [0.5, 0.6) is 0 Å². The Morgan fingerprint density at radius 2 is 2.04 bits per heavy atom. The van der Waals surface area contributed by atoms with E-state index in [1.54, 1.807) is 11.0 Å². The van der Waals surface area contributed by atoms with Gasteiger partial charge in [-0.15, -0.1) is 0 Å². The first-order valence-electron chi connectivity index (χ1n) is 8.51. The fraction of sp³-hybridized carbons (Fsp3) is 0.611. The zero-order valence-corrected chi connectivity index (χ0v) is 13.6. The standard InChI is InChI=1S/C18H25FN2O2/c1-21(15-7-2-12(11-22)3-8-15)18(23)20-17-9-5-13-4-6-14(19)10-16(13)17/h4,6,10,12,15,17,22H,2-3,5,7-9,11H2,1H3,(H,20,23). The smallest absolute Gasteiger partial charge is 0.317 e. The molecule has 2 amide bonds. The van der Waals surface area contributed by atoms with Crippen LogP contribution < -0.4 is 5.32 Å². The maximum Gasteiger partial charge on any atom is 0.317 e. The maximum atomic E-state index is 13.4. The lowest BCUT2D eigenvalue weighted by Crippen LogP contribution is -2.46. The van der Waals surface area contributed by atoms with E-state index in [-0.39, 0.29) is 30.5 Å². The zero-order valence-electron chi connectivity index (χ0n) is 13.6. The molecule has 1 aromatic rings. The molecule has 1 atom stereocenters. The third kappa shape index (κ3) is 3.50. The first-order chi connectivity index (χ1) is 11.1. The van der Waals surface area contributed by atoms with Crippen LogP contribution in [0.4, 0.5) is 9.18 Å². The Balaban J connectivity index is 1.59. The molecule has 2 aliphatic rings. The van der Waals surface area contributed by atoms with E-state index in [0.717, 1.165) is 49.7 Å². The molecule has 0 saturated heterocycles. The van der Waals surface area contributed by atoms with Gasteiger partial charge in [0, 0.05) is 19.7 Å². The molecule has 1 unspecified atom stereocenters. The Labute approximate surface area is 136 Å². The van der Waals surface area contributed by atoms with Crippen LogP contribution in [0.1, 0.15) is 49.3 Å². The number of amides is 2. The van der Waals surface area contributed by atoms with Gasteiger partial charge in [0.15, 0.2) is 0 Å². The largest absolute Gasteiger partial charge is 0.396 e. The van der Waals surface area contributed by atoms with Crippen molar-refractivity contribution in [1.82, 2.24) is 10.2 Å². The van der Waals surface area contributed by atoms with E-state index >= 15 is 0 Å². The van der Waals surface area contributed by atoms with E-state index in [4.69, 9.17) is 0 Å². The molecule has 23 heavy (non-hydrogen) atoms. The summed E-state index contributed by atoms with van der Waals surface area (Å²) in [6, 6.07) is 4.89. The second-order valence-electron chi connectivity index (χ2n) is 6.85. The summed E-state index contributed by atoms with van der Waals surface area (Å²) >= 11 is 0. The molecule has 1 aromatic carbocycles. The van der Waals surface area contributed by atoms with Crippen LogP contribution >= 0.6 is 0 Å². The first-order valence-corrected chi connectivity index (χ1v) is 8.51. The number of fused-ring (bicyclic) bond motifs is 1. The van der Waals surface area contributed by atoms with E-state index in [0.29, 0.717) is 5.92 Å². The summed E-state index contributed by atoms with van der Waals surface area (Å²) in [7, 11) is 1.83. The summed E-state index contributed by atoms with van der Waals surface area (Å²) in [6.07, 6.45) is 5.52. The van der Waals surface area contributed by atoms with Crippen molar-refractivity contribution in [3.8, 4) is 0 Å². The average molecular weight is 320 g/mol. The average Bonchev–Trinajstić information content (AvgIpc) is 2.96. The number of nitrogens with zero attached hydrogens (tertiary/aromatic N) is 1. The highest BCUT2D eigenvalue weighted by Crippen LogP contribution is 2.32. The minimum absolute atomic E-state index is 0.0837. The lowest BCUT2D eigenvalue weighted by Gasteiger charge is -2.34. The minimum atomic E-state index is -0.249. The van der Waals surface area contributed by atoms with Gasteiger partial charge in [0.1, 0.15) is 5.82 Å². The third-order valence-electron chi connectivity index (χ3n) is 5.43. The lowest BCUT2D eigenvalue weighted by molar-refractivity contribution is 0.132. The number of halogens is 1. The molecule has 2 N–H and O–H groups in total. The molecule has 126 valence electrons. The molecule has 2 aliphatic carbocycles. The van der Waals surface area contributed by atoms with Gasteiger partial charge in [-0.2, -0.15) is 0 Å². The summed E-state index contributed by atoms with van der Waals surface area (Å²) in [6.45, 7) is 0.243. The number of hydrogen-bond donors (Lipinski definition) is 2. The Morgan fingerprint density at radius 3 is 2.74 bits per heavy atom. The van der Waals surface area contributed by atoms with Crippen LogP contribution in [-0.4, -0.2) is 35.7 Å². The number of carbonyl (C=O) groups is 1. The number of rotatable bonds is 3. The summed E-state index contributed by atoms with van der Waals surface area (Å²) in [5.41, 5.74) is 2.04. The number of benzene rings is 1. The Morgan fingerprint density at radius 1 is 1.30 bits per heavy atom. The van der Waals surface area contributed by atoms with Crippen molar-refractivity contribution in [2.45, 2.75) is 50.6 Å². The van der Waals surface area contributed by atoms with Crippen LogP contribution in [-0.2, 0) is 6.42 Å². The number of aliphatic hydroxyl groups excluding tert-OH is 1. The third-order valence-corrected chi connectivity index (χ3v) is 5.43. The van der Waals surface area contributed by atoms with Crippen molar-refractivity contribution in [1.29, 1.82) is 0 Å². The summed E-state index contributed by atoms with van der Waals surface area (Å²) < 4.78 is 13.4. The van der Waals surface area contributed by atoms with Gasteiger partial charge in [0.05, 0.1) is 6.04 Å². The minimum Gasteiger partial charge on any atom is -0.396 e. The van der Waals surface area contributed by atoms with E-state index in [2.05, 4.69) is 5.32 Å². The Bertz CT molecular complexity index is 570. The fourth-order valence-electron chi connectivity index (χ4n) is 3.85. The lowest BCUT2D eigenvalue weighted by atomic mass is 9.86. The highest BCUT2D eigenvalue weighted by molar-refractivity contribution is 5.75. The second-order valence-corrected chi connectivity index (χ2v) is 6.85. The SMILES string of the molecule is CN(C(=O)NC1CCc2ccc(F)cc21)C1CCC(CO)CC1. The highest BCUT2D eigenvalue weighted by atomic mass is 19.1. The van der Waals surface area contributed by atoms with E-state index in [1.165, 1.54) is 6.07 Å². The number of nitrogens with one attached hydrogen (secondary N) is 1. The molecule has 0 aliphatic heterocycles. The first kappa shape index (κ1) is 16.2. The molecule has 5 heteroatoms. The van der Waals surface area contributed by atoms with Gasteiger partial charge in [-0.25, -0.2) is 9.18 Å². The molecule has 0 spiro atoms. The van der Waals surface area contributed by atoms with E-state index < -0.39 is 0 Å². The topological polar surface area (TPSA) is 52.6 Å². The van der Waals surface area contributed by atoms with Gasteiger partial charge >= 0.3 is 6.03 Å². The maximum absolute atomic E-state index is 13.4. The molecule has 1 fully saturated rings. The zero-order chi connectivity index (χ0) is 16.4. The van der Waals surface area contributed by atoms with Crippen molar-refractivity contribution < 1.29 is 14.3 Å². The number of aryl methyl sites for hydroxylation is 1. The molecule has 0 radical (unpaired) electrons. The summed E-state index contributed by atoms with van der Waals surface area (Å²) in [5.74, 6) is 0.132. The molecule has 0 heterocycles. The quantitative estimate of drug-likeness (QED) is 0.899. The van der Waals surface area contributed by atoms with Crippen LogP contribution in [0.3, 0.4) is 0 Å². The number of aliphatic hydroxyl groups is 1. The molecular formula is C18H25FN2O2. The number of urea groups is 1. The van der Waals surface area contributed by atoms with Gasteiger partial charge in [-0.05, 0) is 67.7 Å². The summed E-state index contributed by atoms with van der Waals surface area (Å²) in [4.78, 5) is 14.3. The van der Waals surface area contributed by atoms with Crippen LogP contribution in [0.15, 0.2) is 18.2 Å². The molecule has 0 aromatic heterocycles. The monoisotopic (exact) mass is 320 g/mol. The van der Waals surface area contributed by atoms with Gasteiger partial charge in [0.25, 0.3) is 0 Å². The predicted octanol–water partition coefficient (Wildman–Crippen LogP) is 3.01. The second kappa shape index (κ2) is 6.87. The fourth-order valence-corrected chi connectivity index (χ4v) is 3.85. The van der Waals surface area contributed by atoms with Crippen molar-refractivity contribution >= 4 is 6.03 Å².